The van der Waals surface area contributed by atoms with Crippen molar-refractivity contribution in [2.24, 2.45) is 0 Å². The second-order valence-electron chi connectivity index (χ2n) is 13.5. The largest absolute Gasteiger partial charge is 0.478 e. The Labute approximate surface area is 244 Å². The third-order valence-electron chi connectivity index (χ3n) is 8.25. The van der Waals surface area contributed by atoms with Gasteiger partial charge in [-0.2, -0.15) is 0 Å². The van der Waals surface area contributed by atoms with E-state index in [-0.39, 0.29) is 10.1 Å². The van der Waals surface area contributed by atoms with Crippen molar-refractivity contribution in [1.82, 2.24) is 0 Å². The van der Waals surface area contributed by atoms with Crippen LogP contribution in [0.3, 0.4) is 0 Å². The maximum absolute atomic E-state index is 10.7. The summed E-state index contributed by atoms with van der Waals surface area (Å²) in [6.45, 7) is 25.8. The van der Waals surface area contributed by atoms with Gasteiger partial charge in [0.2, 0.25) is 0 Å². The Balaban J connectivity index is 2.38. The summed E-state index contributed by atoms with van der Waals surface area (Å²) in [5, 5.41) is 9.09. The number of rotatable bonds is 9. The number of allylic oxidation sites excluding steroid dienone is 3. The first kappa shape index (κ1) is 33.5. The van der Waals surface area contributed by atoms with Crippen molar-refractivity contribution in [2.45, 2.75) is 97.9 Å². The fourth-order valence-electron chi connectivity index (χ4n) is 3.29. The molecule has 0 spiro atoms. The molecule has 40 heavy (non-hydrogen) atoms. The van der Waals surface area contributed by atoms with E-state index in [1.54, 1.807) is 12.2 Å². The molecule has 0 fully saturated rings. The molecular formula is C34H48O4Si2. The number of hydrogen-bond acceptors (Lipinski definition) is 3. The lowest BCUT2D eigenvalue weighted by Gasteiger charge is -2.37. The first-order valence-electron chi connectivity index (χ1n) is 13.9. The number of hydrogen-bond donors (Lipinski definition) is 1. The SMILES string of the molecule is C/C(=C\C=C\C(=O)O)c1cccc(C#Cc2ccc(CO[Si](C)(C)C(C)(C)C)c(CO[Si](C)(C)C(C)(C)C)c2)c1. The molecule has 0 saturated carbocycles. The van der Waals surface area contributed by atoms with E-state index in [2.05, 4.69) is 97.8 Å². The molecule has 0 amide bonds. The molecule has 216 valence electrons. The van der Waals surface area contributed by atoms with E-state index >= 15 is 0 Å². The Bertz CT molecular complexity index is 1310. The van der Waals surface area contributed by atoms with Gasteiger partial charge in [0.15, 0.2) is 16.6 Å². The summed E-state index contributed by atoms with van der Waals surface area (Å²) in [5.41, 5.74) is 6.10. The van der Waals surface area contributed by atoms with Crippen LogP contribution < -0.4 is 0 Å². The predicted octanol–water partition coefficient (Wildman–Crippen LogP) is 9.17. The molecule has 4 nitrogen and oxygen atoms in total. The van der Waals surface area contributed by atoms with Crippen LogP contribution in [0, 0.1) is 11.8 Å². The van der Waals surface area contributed by atoms with E-state index in [0.29, 0.717) is 13.2 Å². The molecule has 0 unspecified atom stereocenters. The molecule has 2 aromatic carbocycles. The number of carboxylic acid groups (broad SMARTS) is 1. The monoisotopic (exact) mass is 576 g/mol. The molecule has 1 N–H and O–H groups in total. The first-order chi connectivity index (χ1) is 18.3. The maximum atomic E-state index is 10.7. The van der Waals surface area contributed by atoms with E-state index in [0.717, 1.165) is 39.5 Å². The van der Waals surface area contributed by atoms with Crippen LogP contribution in [0.2, 0.25) is 36.3 Å². The lowest BCUT2D eigenvalue weighted by Crippen LogP contribution is -2.41. The molecule has 0 heterocycles. The van der Waals surface area contributed by atoms with Gasteiger partial charge in [0.1, 0.15) is 0 Å². The van der Waals surface area contributed by atoms with Gasteiger partial charge in [-0.1, -0.05) is 83.7 Å². The quantitative estimate of drug-likeness (QED) is 0.140. The van der Waals surface area contributed by atoms with Crippen molar-refractivity contribution in [3.05, 3.63) is 88.5 Å². The fourth-order valence-corrected chi connectivity index (χ4v) is 5.18. The highest BCUT2D eigenvalue weighted by Crippen LogP contribution is 2.38. The minimum Gasteiger partial charge on any atom is -0.478 e. The Morgan fingerprint density at radius 3 is 1.88 bits per heavy atom. The molecular weight excluding hydrogens is 529 g/mol. The van der Waals surface area contributed by atoms with Gasteiger partial charge in [-0.25, -0.2) is 4.79 Å². The molecule has 0 aliphatic carbocycles. The molecule has 6 heteroatoms. The molecule has 0 atom stereocenters. The smallest absolute Gasteiger partial charge is 0.328 e. The van der Waals surface area contributed by atoms with Crippen LogP contribution in [-0.4, -0.2) is 27.7 Å². The van der Waals surface area contributed by atoms with Crippen molar-refractivity contribution >= 4 is 28.2 Å². The second kappa shape index (κ2) is 13.3. The van der Waals surface area contributed by atoms with Gasteiger partial charge in [0, 0.05) is 17.2 Å². The third kappa shape index (κ3) is 9.74. The summed E-state index contributed by atoms with van der Waals surface area (Å²) < 4.78 is 13.2. The van der Waals surface area contributed by atoms with Gasteiger partial charge in [0.25, 0.3) is 0 Å². The summed E-state index contributed by atoms with van der Waals surface area (Å²) in [4.78, 5) is 10.7. The zero-order valence-corrected chi connectivity index (χ0v) is 28.4. The lowest BCUT2D eigenvalue weighted by atomic mass is 10.0. The zero-order valence-electron chi connectivity index (χ0n) is 26.4. The maximum Gasteiger partial charge on any atom is 0.328 e. The van der Waals surface area contributed by atoms with Crippen LogP contribution in [0.5, 0.6) is 0 Å². The Hall–Kier alpha value is -2.70. The van der Waals surface area contributed by atoms with Gasteiger partial charge in [-0.15, -0.1) is 0 Å². The number of carboxylic acids is 1. The molecule has 0 aliphatic rings. The molecule has 0 radical (unpaired) electrons. The van der Waals surface area contributed by atoms with E-state index in [9.17, 15) is 4.79 Å². The van der Waals surface area contributed by atoms with Crippen LogP contribution in [0.1, 0.15) is 76.3 Å². The number of benzene rings is 2. The highest BCUT2D eigenvalue weighted by molar-refractivity contribution is 6.74. The average molecular weight is 577 g/mol. The van der Waals surface area contributed by atoms with Gasteiger partial charge >= 0.3 is 5.97 Å². The predicted molar refractivity (Wildman–Crippen MR) is 173 cm³/mol. The van der Waals surface area contributed by atoms with Crippen LogP contribution in [0.25, 0.3) is 5.57 Å². The van der Waals surface area contributed by atoms with Gasteiger partial charge in [0.05, 0.1) is 13.2 Å². The van der Waals surface area contributed by atoms with Crippen molar-refractivity contribution in [2.75, 3.05) is 0 Å². The molecule has 2 rings (SSSR count). The van der Waals surface area contributed by atoms with E-state index < -0.39 is 22.6 Å². The normalized spacial score (nSPS) is 13.3. The first-order valence-corrected chi connectivity index (χ1v) is 19.7. The molecule has 0 aromatic heterocycles. The van der Waals surface area contributed by atoms with E-state index in [4.69, 9.17) is 14.0 Å². The van der Waals surface area contributed by atoms with Crippen molar-refractivity contribution in [3.63, 3.8) is 0 Å². The number of carbonyl (C=O) groups is 1. The minimum absolute atomic E-state index is 0.128. The van der Waals surface area contributed by atoms with E-state index in [1.165, 1.54) is 0 Å². The van der Waals surface area contributed by atoms with Crippen LogP contribution in [0.4, 0.5) is 0 Å². The Morgan fingerprint density at radius 1 is 0.825 bits per heavy atom. The topological polar surface area (TPSA) is 55.8 Å². The summed E-state index contributed by atoms with van der Waals surface area (Å²) >= 11 is 0. The molecule has 2 aromatic rings. The summed E-state index contributed by atoms with van der Waals surface area (Å²) in [7, 11) is -3.83. The second-order valence-corrected chi connectivity index (χ2v) is 23.1. The van der Waals surface area contributed by atoms with Crippen molar-refractivity contribution in [1.29, 1.82) is 0 Å². The van der Waals surface area contributed by atoms with Crippen LogP contribution in [-0.2, 0) is 26.9 Å². The molecule has 0 saturated heterocycles. The minimum atomic E-state index is -1.93. The van der Waals surface area contributed by atoms with Gasteiger partial charge in [-0.05, 0) is 89.7 Å². The zero-order chi connectivity index (χ0) is 30.4. The molecule has 0 bridgehead atoms. The van der Waals surface area contributed by atoms with Crippen LogP contribution in [0.15, 0.2) is 60.7 Å². The third-order valence-corrected chi connectivity index (χ3v) is 17.2. The standard InChI is InChI=1S/C34H48O4Si2/c1-26(14-12-17-32(35)36)29-16-13-15-27(22-29)18-19-28-20-21-30(24-37-39(8,9)33(2,3)4)31(23-28)25-38-40(10,11)34(5,6)7/h12-17,20-23H,24-25H2,1-11H3,(H,35,36)/b17-12+,26-14+. The summed E-state index contributed by atoms with van der Waals surface area (Å²) in [6, 6.07) is 14.3. The highest BCUT2D eigenvalue weighted by Gasteiger charge is 2.38. The lowest BCUT2D eigenvalue weighted by molar-refractivity contribution is -0.131. The Morgan fingerprint density at radius 2 is 1.35 bits per heavy atom. The Kier molecular flexibility index (Phi) is 11.2. The van der Waals surface area contributed by atoms with Crippen LogP contribution >= 0.6 is 0 Å². The molecule has 0 aliphatic heterocycles. The van der Waals surface area contributed by atoms with Crippen molar-refractivity contribution in [3.8, 4) is 11.8 Å². The van der Waals surface area contributed by atoms with Gasteiger partial charge in [-0.3, -0.25) is 0 Å². The summed E-state index contributed by atoms with van der Waals surface area (Å²) in [6.07, 6.45) is 4.46. The highest BCUT2D eigenvalue weighted by atomic mass is 28.4. The van der Waals surface area contributed by atoms with Crippen molar-refractivity contribution < 1.29 is 18.8 Å². The van der Waals surface area contributed by atoms with E-state index in [1.807, 2.05) is 31.2 Å². The van der Waals surface area contributed by atoms with Gasteiger partial charge < -0.3 is 14.0 Å². The number of aliphatic carboxylic acids is 1. The summed E-state index contributed by atoms with van der Waals surface area (Å²) in [5.74, 6) is 5.68. The average Bonchev–Trinajstić information content (AvgIpc) is 2.84. The fraction of sp³-hybridized carbons (Fsp3) is 0.441.